The van der Waals surface area contributed by atoms with Crippen molar-refractivity contribution in [2.75, 3.05) is 24.5 Å². The van der Waals surface area contributed by atoms with E-state index in [1.807, 2.05) is 24.2 Å². The molecule has 0 aromatic carbocycles. The Bertz CT molecular complexity index is 817. The predicted octanol–water partition coefficient (Wildman–Crippen LogP) is 2.25. The van der Waals surface area contributed by atoms with Gasteiger partial charge in [0.25, 0.3) is 0 Å². The van der Waals surface area contributed by atoms with Crippen LogP contribution in [0.2, 0.25) is 0 Å². The normalized spacial score (nSPS) is 21.1. The van der Waals surface area contributed by atoms with Gasteiger partial charge in [-0.15, -0.1) is 10.2 Å². The molecule has 1 atom stereocenters. The number of nitrogens with zero attached hydrogens (tertiary/aromatic N) is 5. The average Bonchev–Trinajstić information content (AvgIpc) is 3.34. The van der Waals surface area contributed by atoms with Crippen molar-refractivity contribution in [3.8, 4) is 0 Å². The number of hydrogen-bond acceptors (Lipinski definition) is 6. The van der Waals surface area contributed by atoms with E-state index in [9.17, 15) is 9.59 Å². The number of piperidine rings is 1. The minimum absolute atomic E-state index is 0.0289. The fourth-order valence-corrected chi connectivity index (χ4v) is 4.69. The van der Waals surface area contributed by atoms with E-state index in [1.54, 1.807) is 4.90 Å². The van der Waals surface area contributed by atoms with Crippen molar-refractivity contribution in [3.63, 3.8) is 0 Å². The van der Waals surface area contributed by atoms with E-state index >= 15 is 0 Å². The van der Waals surface area contributed by atoms with Crippen molar-refractivity contribution in [2.24, 2.45) is 5.92 Å². The highest BCUT2D eigenvalue weighted by atomic mass is 32.1. The summed E-state index contributed by atoms with van der Waals surface area (Å²) >= 11 is 1.43. The Balaban J connectivity index is 1.36. The van der Waals surface area contributed by atoms with Gasteiger partial charge in [0.1, 0.15) is 5.01 Å². The zero-order valence-corrected chi connectivity index (χ0v) is 16.2. The highest BCUT2D eigenvalue weighted by Crippen LogP contribution is 2.32. The highest BCUT2D eigenvalue weighted by Gasteiger charge is 2.39. The van der Waals surface area contributed by atoms with Gasteiger partial charge in [-0.1, -0.05) is 18.3 Å². The van der Waals surface area contributed by atoms with Gasteiger partial charge in [0, 0.05) is 38.4 Å². The summed E-state index contributed by atoms with van der Waals surface area (Å²) in [6.07, 6.45) is 6.62. The first-order valence-corrected chi connectivity index (χ1v) is 10.3. The summed E-state index contributed by atoms with van der Waals surface area (Å²) in [5, 5.41) is 9.72. The number of carbonyl (C=O) groups excluding carboxylic acids is 2. The molecule has 2 aliphatic heterocycles. The number of carbonyl (C=O) groups is 2. The van der Waals surface area contributed by atoms with E-state index in [2.05, 4.69) is 27.3 Å². The number of amides is 2. The predicted molar refractivity (Wildman–Crippen MR) is 103 cm³/mol. The molecule has 1 unspecified atom stereocenters. The van der Waals surface area contributed by atoms with Gasteiger partial charge in [-0.05, 0) is 42.9 Å². The number of aromatic nitrogens is 3. The van der Waals surface area contributed by atoms with Crippen LogP contribution in [0.25, 0.3) is 0 Å². The zero-order valence-electron chi connectivity index (χ0n) is 15.4. The van der Waals surface area contributed by atoms with Gasteiger partial charge in [0.15, 0.2) is 0 Å². The Labute approximate surface area is 162 Å². The molecular weight excluding hydrogens is 362 g/mol. The molecule has 7 nitrogen and oxygen atoms in total. The molecule has 2 aliphatic rings. The summed E-state index contributed by atoms with van der Waals surface area (Å²) in [5.74, 6) is 0.273. The highest BCUT2D eigenvalue weighted by molar-refractivity contribution is 7.15. The maximum Gasteiger partial charge on any atom is 0.229 e. The fourth-order valence-electron chi connectivity index (χ4n) is 3.88. The number of anilines is 1. The third-order valence-electron chi connectivity index (χ3n) is 5.45. The first kappa shape index (κ1) is 18.0. The molecule has 4 rings (SSSR count). The Morgan fingerprint density at radius 1 is 1.22 bits per heavy atom. The minimum atomic E-state index is -0.274. The van der Waals surface area contributed by atoms with Crippen molar-refractivity contribution < 1.29 is 9.59 Å². The maximum atomic E-state index is 12.9. The summed E-state index contributed by atoms with van der Waals surface area (Å²) in [6, 6.07) is 4.12. The Hall–Kier alpha value is -2.35. The molecule has 2 aromatic heterocycles. The van der Waals surface area contributed by atoms with E-state index in [0.717, 1.165) is 37.4 Å². The largest absolute Gasteiger partial charge is 0.342 e. The molecule has 2 amide bonds. The zero-order chi connectivity index (χ0) is 18.8. The van der Waals surface area contributed by atoms with Crippen LogP contribution in [0, 0.1) is 5.92 Å². The first-order chi connectivity index (χ1) is 13.2. The maximum absolute atomic E-state index is 12.9. The number of hydrogen-bond donors (Lipinski definition) is 0. The van der Waals surface area contributed by atoms with Crippen LogP contribution in [-0.4, -0.2) is 51.5 Å². The lowest BCUT2D eigenvalue weighted by atomic mass is 9.89. The molecule has 8 heteroatoms. The quantitative estimate of drug-likeness (QED) is 0.807. The topological polar surface area (TPSA) is 79.3 Å². The second-order valence-electron chi connectivity index (χ2n) is 7.12. The van der Waals surface area contributed by atoms with E-state index in [4.69, 9.17) is 0 Å². The van der Waals surface area contributed by atoms with Gasteiger partial charge >= 0.3 is 0 Å². The Kier molecular flexibility index (Phi) is 5.15. The Morgan fingerprint density at radius 3 is 2.63 bits per heavy atom. The lowest BCUT2D eigenvalue weighted by molar-refractivity contribution is -0.136. The molecule has 142 valence electrons. The summed E-state index contributed by atoms with van der Waals surface area (Å²) in [4.78, 5) is 33.0. The minimum Gasteiger partial charge on any atom is -0.342 e. The summed E-state index contributed by atoms with van der Waals surface area (Å²) in [7, 11) is 0. The second-order valence-corrected chi connectivity index (χ2v) is 8.16. The molecule has 2 aromatic rings. The van der Waals surface area contributed by atoms with Crippen LogP contribution < -0.4 is 4.90 Å². The molecule has 2 saturated heterocycles. The van der Waals surface area contributed by atoms with Crippen LogP contribution in [0.3, 0.4) is 0 Å². The Morgan fingerprint density at radius 2 is 1.96 bits per heavy atom. The molecule has 0 spiro atoms. The smallest absolute Gasteiger partial charge is 0.229 e. The molecular formula is C19H23N5O2S. The molecule has 2 fully saturated rings. The van der Waals surface area contributed by atoms with Crippen molar-refractivity contribution in [1.82, 2.24) is 20.1 Å². The molecule has 0 radical (unpaired) electrons. The van der Waals surface area contributed by atoms with Gasteiger partial charge < -0.3 is 4.90 Å². The van der Waals surface area contributed by atoms with Crippen molar-refractivity contribution >= 4 is 28.3 Å². The molecule has 27 heavy (non-hydrogen) atoms. The second kappa shape index (κ2) is 7.72. The summed E-state index contributed by atoms with van der Waals surface area (Å²) in [6.45, 7) is 3.92. The average molecular weight is 385 g/mol. The molecule has 0 bridgehead atoms. The van der Waals surface area contributed by atoms with Crippen LogP contribution >= 0.6 is 11.3 Å². The number of likely N-dealkylation sites (tertiary alicyclic amines) is 1. The number of rotatable bonds is 4. The monoisotopic (exact) mass is 385 g/mol. The van der Waals surface area contributed by atoms with Gasteiger partial charge in [-0.3, -0.25) is 19.5 Å². The third-order valence-corrected chi connectivity index (χ3v) is 6.54. The molecule has 0 aliphatic carbocycles. The summed E-state index contributed by atoms with van der Waals surface area (Å²) in [5.41, 5.74) is 1.29. The SMILES string of the molecule is CCc1nnc(N2CC(C(=O)N3CCC(c4ccncc4)CC3)CC2=O)s1. The van der Waals surface area contributed by atoms with Crippen molar-refractivity contribution in [1.29, 1.82) is 0 Å². The summed E-state index contributed by atoms with van der Waals surface area (Å²) < 4.78 is 0. The van der Waals surface area contributed by atoms with Gasteiger partial charge in [-0.25, -0.2) is 0 Å². The number of aryl methyl sites for hydroxylation is 1. The van der Waals surface area contributed by atoms with Crippen molar-refractivity contribution in [3.05, 3.63) is 35.1 Å². The molecule has 0 saturated carbocycles. The fraction of sp³-hybridized carbons (Fsp3) is 0.526. The van der Waals surface area contributed by atoms with Gasteiger partial charge in [0.2, 0.25) is 16.9 Å². The lowest BCUT2D eigenvalue weighted by Gasteiger charge is -2.33. The van der Waals surface area contributed by atoms with Crippen LogP contribution in [0.4, 0.5) is 5.13 Å². The molecule has 4 heterocycles. The molecule has 0 N–H and O–H groups in total. The van der Waals surface area contributed by atoms with Crippen LogP contribution in [-0.2, 0) is 16.0 Å². The van der Waals surface area contributed by atoms with Gasteiger partial charge in [0.05, 0.1) is 5.92 Å². The van der Waals surface area contributed by atoms with E-state index in [0.29, 0.717) is 17.6 Å². The standard InChI is InChI=1S/C19H23N5O2S/c1-2-16-21-22-19(27-16)24-12-15(11-17(24)25)18(26)23-9-5-14(6-10-23)13-3-7-20-8-4-13/h3-4,7-8,14-15H,2,5-6,9-12H2,1H3. The van der Waals surface area contributed by atoms with Crippen molar-refractivity contribution in [2.45, 2.75) is 38.5 Å². The first-order valence-electron chi connectivity index (χ1n) is 9.47. The van der Waals surface area contributed by atoms with E-state index in [-0.39, 0.29) is 24.2 Å². The van der Waals surface area contributed by atoms with E-state index in [1.165, 1.54) is 16.9 Å². The van der Waals surface area contributed by atoms with E-state index < -0.39 is 0 Å². The van der Waals surface area contributed by atoms with Crippen LogP contribution in [0.15, 0.2) is 24.5 Å². The van der Waals surface area contributed by atoms with Crippen LogP contribution in [0.5, 0.6) is 0 Å². The van der Waals surface area contributed by atoms with Crippen LogP contribution in [0.1, 0.15) is 42.7 Å². The third kappa shape index (κ3) is 3.71. The number of pyridine rings is 1. The van der Waals surface area contributed by atoms with Gasteiger partial charge in [-0.2, -0.15) is 0 Å². The lowest BCUT2D eigenvalue weighted by Crippen LogP contribution is -2.42.